The summed E-state index contributed by atoms with van der Waals surface area (Å²) in [6, 6.07) is 6.59. The molecule has 0 aliphatic rings. The Hall–Kier alpha value is -2.08. The van der Waals surface area contributed by atoms with Crippen LogP contribution in [-0.4, -0.2) is 18.5 Å². The lowest BCUT2D eigenvalue weighted by atomic mass is 10.1. The molecule has 0 unspecified atom stereocenters. The highest BCUT2D eigenvalue weighted by Gasteiger charge is 2.02. The zero-order valence-electron chi connectivity index (χ0n) is 12.2. The van der Waals surface area contributed by atoms with E-state index in [1.807, 2.05) is 12.1 Å². The molecule has 0 aliphatic heterocycles. The molecule has 6 heteroatoms. The Morgan fingerprint density at radius 1 is 1.00 bits per heavy atom. The summed E-state index contributed by atoms with van der Waals surface area (Å²) in [7, 11) is 0. The second kappa shape index (κ2) is 9.77. The van der Waals surface area contributed by atoms with E-state index in [0.29, 0.717) is 25.2 Å². The van der Waals surface area contributed by atoms with E-state index in [2.05, 4.69) is 10.6 Å². The molecule has 0 radical (unpaired) electrons. The Kier molecular flexibility index (Phi) is 7.89. The first-order valence-corrected chi connectivity index (χ1v) is 7.24. The van der Waals surface area contributed by atoms with Crippen molar-refractivity contribution in [3.63, 3.8) is 0 Å². The van der Waals surface area contributed by atoms with Crippen LogP contribution in [0.2, 0.25) is 0 Å². The van der Waals surface area contributed by atoms with Crippen molar-refractivity contribution in [2.75, 3.05) is 11.9 Å². The van der Waals surface area contributed by atoms with Crippen LogP contribution in [0.1, 0.15) is 37.7 Å². The van der Waals surface area contributed by atoms with Gasteiger partial charge in [0.2, 0.25) is 5.91 Å². The number of primary amides is 1. The fourth-order valence-electron chi connectivity index (χ4n) is 1.92. The number of amides is 3. The number of nitrogens with two attached hydrogens (primary N) is 2. The van der Waals surface area contributed by atoms with Crippen LogP contribution in [-0.2, 0) is 11.3 Å². The molecule has 0 bridgehead atoms. The van der Waals surface area contributed by atoms with Crippen LogP contribution in [0, 0.1) is 0 Å². The third-order valence-electron chi connectivity index (χ3n) is 3.07. The summed E-state index contributed by atoms with van der Waals surface area (Å²) in [5, 5.41) is 5.36. The molecule has 1 rings (SSSR count). The number of hydrogen-bond acceptors (Lipinski definition) is 3. The minimum absolute atomic E-state index is 0.0575. The quantitative estimate of drug-likeness (QED) is 0.520. The van der Waals surface area contributed by atoms with Crippen molar-refractivity contribution in [3.8, 4) is 0 Å². The highest BCUT2D eigenvalue weighted by Crippen LogP contribution is 2.09. The molecule has 0 heterocycles. The Balaban J connectivity index is 2.21. The van der Waals surface area contributed by atoms with Gasteiger partial charge < -0.3 is 22.1 Å². The lowest BCUT2D eigenvalue weighted by Gasteiger charge is -2.07. The molecule has 6 N–H and O–H groups in total. The minimum Gasteiger partial charge on any atom is -0.352 e. The normalized spacial score (nSPS) is 10.1. The van der Waals surface area contributed by atoms with Crippen LogP contribution in [0.5, 0.6) is 0 Å². The Morgan fingerprint density at radius 3 is 2.29 bits per heavy atom. The highest BCUT2D eigenvalue weighted by atomic mass is 16.2. The van der Waals surface area contributed by atoms with E-state index >= 15 is 0 Å². The standard InChI is InChI=1S/C15H24N4O2/c16-10-4-2-1-3-5-14(20)18-11-12-6-8-13(9-7-12)19-15(17)21/h6-9H,1-5,10-11,16H2,(H,18,20)(H3,17,19,21). The molecule has 0 saturated heterocycles. The molecule has 0 aliphatic carbocycles. The van der Waals surface area contributed by atoms with Gasteiger partial charge in [0.1, 0.15) is 0 Å². The predicted octanol–water partition coefficient (Wildman–Crippen LogP) is 1.70. The zero-order chi connectivity index (χ0) is 15.5. The summed E-state index contributed by atoms with van der Waals surface area (Å²) < 4.78 is 0. The van der Waals surface area contributed by atoms with Crippen LogP contribution >= 0.6 is 0 Å². The summed E-state index contributed by atoms with van der Waals surface area (Å²) >= 11 is 0. The number of urea groups is 1. The molecule has 6 nitrogen and oxygen atoms in total. The zero-order valence-corrected chi connectivity index (χ0v) is 12.2. The SMILES string of the molecule is NCCCCCCC(=O)NCc1ccc(NC(N)=O)cc1. The molecule has 0 saturated carbocycles. The Bertz CT molecular complexity index is 445. The number of rotatable bonds is 9. The fraction of sp³-hybridized carbons (Fsp3) is 0.467. The second-order valence-corrected chi connectivity index (χ2v) is 4.92. The van der Waals surface area contributed by atoms with Gasteiger partial charge in [-0.3, -0.25) is 4.79 Å². The number of hydrogen-bond donors (Lipinski definition) is 4. The van der Waals surface area contributed by atoms with E-state index in [9.17, 15) is 9.59 Å². The van der Waals surface area contributed by atoms with Crippen LogP contribution in [0.3, 0.4) is 0 Å². The molecular formula is C15H24N4O2. The summed E-state index contributed by atoms with van der Waals surface area (Å²) in [5.74, 6) is 0.0575. The molecule has 3 amide bonds. The van der Waals surface area contributed by atoms with Gasteiger partial charge in [0.05, 0.1) is 0 Å². The number of carbonyl (C=O) groups excluding carboxylic acids is 2. The van der Waals surface area contributed by atoms with Crippen molar-refractivity contribution >= 4 is 17.6 Å². The molecule has 1 aromatic carbocycles. The van der Waals surface area contributed by atoms with Gasteiger partial charge in [0.25, 0.3) is 0 Å². The highest BCUT2D eigenvalue weighted by molar-refractivity contribution is 5.87. The van der Waals surface area contributed by atoms with Crippen LogP contribution in [0.25, 0.3) is 0 Å². The van der Waals surface area contributed by atoms with E-state index in [4.69, 9.17) is 11.5 Å². The Morgan fingerprint density at radius 2 is 1.67 bits per heavy atom. The van der Waals surface area contributed by atoms with Crippen molar-refractivity contribution in [3.05, 3.63) is 29.8 Å². The van der Waals surface area contributed by atoms with Crippen LogP contribution < -0.4 is 22.1 Å². The fourth-order valence-corrected chi connectivity index (χ4v) is 1.92. The van der Waals surface area contributed by atoms with Gasteiger partial charge in [0, 0.05) is 18.7 Å². The van der Waals surface area contributed by atoms with Crippen molar-refractivity contribution in [2.45, 2.75) is 38.6 Å². The largest absolute Gasteiger partial charge is 0.352 e. The smallest absolute Gasteiger partial charge is 0.316 e. The molecule has 21 heavy (non-hydrogen) atoms. The molecule has 0 aromatic heterocycles. The average Bonchev–Trinajstić information content (AvgIpc) is 2.46. The van der Waals surface area contributed by atoms with E-state index in [1.54, 1.807) is 12.1 Å². The topological polar surface area (TPSA) is 110 Å². The number of nitrogens with one attached hydrogen (secondary N) is 2. The van der Waals surface area contributed by atoms with E-state index in [0.717, 1.165) is 31.2 Å². The maximum atomic E-state index is 11.7. The first kappa shape index (κ1) is 17.0. The summed E-state index contributed by atoms with van der Waals surface area (Å²) in [6.45, 7) is 1.20. The molecule has 0 spiro atoms. The van der Waals surface area contributed by atoms with Crippen molar-refractivity contribution in [2.24, 2.45) is 11.5 Å². The minimum atomic E-state index is -0.592. The molecule has 0 fully saturated rings. The molecule has 116 valence electrons. The lowest BCUT2D eigenvalue weighted by molar-refractivity contribution is -0.121. The number of anilines is 1. The number of benzene rings is 1. The van der Waals surface area contributed by atoms with Gasteiger partial charge in [0.15, 0.2) is 0 Å². The Labute approximate surface area is 125 Å². The van der Waals surface area contributed by atoms with Crippen molar-refractivity contribution < 1.29 is 9.59 Å². The molecule has 1 aromatic rings. The maximum Gasteiger partial charge on any atom is 0.316 e. The number of carbonyl (C=O) groups is 2. The average molecular weight is 292 g/mol. The van der Waals surface area contributed by atoms with Gasteiger partial charge in [-0.05, 0) is 37.1 Å². The van der Waals surface area contributed by atoms with E-state index in [-0.39, 0.29) is 5.91 Å². The molecule has 0 atom stereocenters. The van der Waals surface area contributed by atoms with Gasteiger partial charge in [-0.25, -0.2) is 4.79 Å². The van der Waals surface area contributed by atoms with Crippen molar-refractivity contribution in [1.29, 1.82) is 0 Å². The van der Waals surface area contributed by atoms with Crippen LogP contribution in [0.15, 0.2) is 24.3 Å². The van der Waals surface area contributed by atoms with Crippen molar-refractivity contribution in [1.82, 2.24) is 5.32 Å². The second-order valence-electron chi connectivity index (χ2n) is 4.92. The van der Waals surface area contributed by atoms with Gasteiger partial charge in [-0.2, -0.15) is 0 Å². The van der Waals surface area contributed by atoms with Gasteiger partial charge in [-0.15, -0.1) is 0 Å². The summed E-state index contributed by atoms with van der Waals surface area (Å²) in [5.41, 5.74) is 12.0. The molecular weight excluding hydrogens is 268 g/mol. The summed E-state index contributed by atoms with van der Waals surface area (Å²) in [6.07, 6.45) is 4.59. The first-order chi connectivity index (χ1) is 10.1. The van der Waals surface area contributed by atoms with Gasteiger partial charge >= 0.3 is 6.03 Å². The lowest BCUT2D eigenvalue weighted by Crippen LogP contribution is -2.22. The predicted molar refractivity (Wildman–Crippen MR) is 83.6 cm³/mol. The van der Waals surface area contributed by atoms with E-state index in [1.165, 1.54) is 0 Å². The van der Waals surface area contributed by atoms with Gasteiger partial charge in [-0.1, -0.05) is 25.0 Å². The number of unbranched alkanes of at least 4 members (excludes halogenated alkanes) is 3. The maximum absolute atomic E-state index is 11.7. The van der Waals surface area contributed by atoms with E-state index < -0.39 is 6.03 Å². The monoisotopic (exact) mass is 292 g/mol. The third-order valence-corrected chi connectivity index (χ3v) is 3.07. The summed E-state index contributed by atoms with van der Waals surface area (Å²) in [4.78, 5) is 22.3. The third kappa shape index (κ3) is 7.94. The first-order valence-electron chi connectivity index (χ1n) is 7.24. The van der Waals surface area contributed by atoms with Crippen LogP contribution in [0.4, 0.5) is 10.5 Å².